The number of nitriles is 1. The van der Waals surface area contributed by atoms with Gasteiger partial charge in [-0.2, -0.15) is 5.26 Å². The quantitative estimate of drug-likeness (QED) is 0.886. The van der Waals surface area contributed by atoms with Crippen LogP contribution in [0.15, 0.2) is 24.3 Å². The summed E-state index contributed by atoms with van der Waals surface area (Å²) >= 11 is 0. The third kappa shape index (κ3) is 3.49. The second kappa shape index (κ2) is 6.92. The van der Waals surface area contributed by atoms with Crippen LogP contribution in [0.3, 0.4) is 0 Å². The lowest BCUT2D eigenvalue weighted by atomic mass is 10.0. The number of hydrogen-bond donors (Lipinski definition) is 2. The van der Waals surface area contributed by atoms with Crippen LogP contribution >= 0.6 is 0 Å². The summed E-state index contributed by atoms with van der Waals surface area (Å²) in [6.07, 6.45) is 3.27. The summed E-state index contributed by atoms with van der Waals surface area (Å²) < 4.78 is 0. The van der Waals surface area contributed by atoms with Gasteiger partial charge in [0, 0.05) is 24.8 Å². The Morgan fingerprint density at radius 1 is 1.40 bits per heavy atom. The summed E-state index contributed by atoms with van der Waals surface area (Å²) in [6, 6.07) is 9.18. The van der Waals surface area contributed by atoms with E-state index in [0.29, 0.717) is 5.56 Å². The topological polar surface area (TPSA) is 68.2 Å². The van der Waals surface area contributed by atoms with Crippen LogP contribution in [-0.2, 0) is 0 Å². The maximum Gasteiger partial charge on any atom is 0.322 e. The van der Waals surface area contributed by atoms with Crippen molar-refractivity contribution in [1.82, 2.24) is 10.2 Å². The Kier molecular flexibility index (Phi) is 4.97. The average Bonchev–Trinajstić information content (AvgIpc) is 2.49. The van der Waals surface area contributed by atoms with Crippen LogP contribution in [0, 0.1) is 11.3 Å². The fourth-order valence-corrected chi connectivity index (χ4v) is 2.54. The van der Waals surface area contributed by atoms with Gasteiger partial charge in [0.2, 0.25) is 0 Å². The Morgan fingerprint density at radius 2 is 2.15 bits per heavy atom. The number of hydrogen-bond acceptors (Lipinski definition) is 3. The van der Waals surface area contributed by atoms with Gasteiger partial charge < -0.3 is 15.5 Å². The van der Waals surface area contributed by atoms with Gasteiger partial charge in [0.05, 0.1) is 11.6 Å². The van der Waals surface area contributed by atoms with E-state index in [1.54, 1.807) is 24.3 Å². The zero-order chi connectivity index (χ0) is 14.4. The van der Waals surface area contributed by atoms with Crippen LogP contribution < -0.4 is 10.6 Å². The normalized spacial score (nSPS) is 18.4. The van der Waals surface area contributed by atoms with Crippen molar-refractivity contribution in [1.29, 1.82) is 5.26 Å². The number of likely N-dealkylation sites (N-methyl/N-ethyl adjacent to an activating group) is 1. The highest BCUT2D eigenvalue weighted by Gasteiger charge is 2.25. The molecule has 0 aliphatic carbocycles. The number of likely N-dealkylation sites (tertiary alicyclic amines) is 1. The molecule has 5 heteroatoms. The molecular formula is C15H20N4O. The standard InChI is InChI=1S/C15H20N4O/c1-17-11-14-4-2-3-9-19(14)15(20)18-13-7-5-12(10-16)6-8-13/h5-8,14,17H,2-4,9,11H2,1H3,(H,18,20). The van der Waals surface area contributed by atoms with Crippen LogP contribution in [0.4, 0.5) is 10.5 Å². The molecule has 0 bridgehead atoms. The van der Waals surface area contributed by atoms with Crippen molar-refractivity contribution in [3.05, 3.63) is 29.8 Å². The maximum atomic E-state index is 12.3. The molecule has 1 atom stereocenters. The molecule has 1 aliphatic heterocycles. The van der Waals surface area contributed by atoms with Crippen molar-refractivity contribution >= 4 is 11.7 Å². The Hall–Kier alpha value is -2.06. The van der Waals surface area contributed by atoms with E-state index in [-0.39, 0.29) is 12.1 Å². The van der Waals surface area contributed by atoms with Crippen LogP contribution in [0.2, 0.25) is 0 Å². The van der Waals surface area contributed by atoms with E-state index in [2.05, 4.69) is 16.7 Å². The first-order valence-electron chi connectivity index (χ1n) is 6.97. The molecule has 1 aliphatic rings. The van der Waals surface area contributed by atoms with Crippen molar-refractivity contribution in [2.24, 2.45) is 0 Å². The van der Waals surface area contributed by atoms with Crippen molar-refractivity contribution < 1.29 is 4.79 Å². The van der Waals surface area contributed by atoms with Gasteiger partial charge in [0.1, 0.15) is 0 Å². The molecule has 0 radical (unpaired) electrons. The zero-order valence-corrected chi connectivity index (χ0v) is 11.7. The number of amides is 2. The van der Waals surface area contributed by atoms with E-state index in [1.807, 2.05) is 11.9 Å². The third-order valence-electron chi connectivity index (χ3n) is 3.59. The second-order valence-corrected chi connectivity index (χ2v) is 5.02. The second-order valence-electron chi connectivity index (χ2n) is 5.02. The third-order valence-corrected chi connectivity index (χ3v) is 3.59. The number of urea groups is 1. The number of benzene rings is 1. The molecule has 106 valence electrons. The largest absolute Gasteiger partial charge is 0.322 e. The predicted octanol–water partition coefficient (Wildman–Crippen LogP) is 2.16. The Labute approximate surface area is 119 Å². The summed E-state index contributed by atoms with van der Waals surface area (Å²) in [5, 5.41) is 14.8. The van der Waals surface area contributed by atoms with Crippen molar-refractivity contribution in [2.45, 2.75) is 25.3 Å². The first-order chi connectivity index (χ1) is 9.74. The van der Waals surface area contributed by atoms with Crippen LogP contribution in [-0.4, -0.2) is 37.1 Å². The van der Waals surface area contributed by atoms with Crippen molar-refractivity contribution in [3.8, 4) is 6.07 Å². The Balaban J connectivity index is 2.00. The van der Waals surface area contributed by atoms with E-state index < -0.39 is 0 Å². The molecule has 1 fully saturated rings. The molecule has 1 heterocycles. The molecular weight excluding hydrogens is 252 g/mol. The minimum Gasteiger partial charge on any atom is -0.320 e. The first-order valence-corrected chi connectivity index (χ1v) is 6.97. The Morgan fingerprint density at radius 3 is 2.80 bits per heavy atom. The van der Waals surface area contributed by atoms with Gasteiger partial charge in [0.25, 0.3) is 0 Å². The lowest BCUT2D eigenvalue weighted by Crippen LogP contribution is -2.49. The molecule has 1 saturated heterocycles. The van der Waals surface area contributed by atoms with Gasteiger partial charge in [0.15, 0.2) is 0 Å². The summed E-state index contributed by atoms with van der Waals surface area (Å²) in [6.45, 7) is 1.62. The predicted molar refractivity (Wildman–Crippen MR) is 78.4 cm³/mol. The van der Waals surface area contributed by atoms with Gasteiger partial charge in [-0.1, -0.05) is 0 Å². The average molecular weight is 272 g/mol. The molecule has 2 N–H and O–H groups in total. The Bertz CT molecular complexity index is 490. The minimum atomic E-state index is -0.0605. The fourth-order valence-electron chi connectivity index (χ4n) is 2.54. The molecule has 1 aromatic carbocycles. The van der Waals surface area contributed by atoms with E-state index >= 15 is 0 Å². The van der Waals surface area contributed by atoms with Gasteiger partial charge >= 0.3 is 6.03 Å². The van der Waals surface area contributed by atoms with E-state index in [4.69, 9.17) is 5.26 Å². The summed E-state index contributed by atoms with van der Waals surface area (Å²) in [5.41, 5.74) is 1.32. The van der Waals surface area contributed by atoms with E-state index in [1.165, 1.54) is 6.42 Å². The molecule has 1 aromatic rings. The fraction of sp³-hybridized carbons (Fsp3) is 0.467. The van der Waals surface area contributed by atoms with Gasteiger partial charge in [-0.15, -0.1) is 0 Å². The lowest BCUT2D eigenvalue weighted by Gasteiger charge is -2.35. The number of carbonyl (C=O) groups excluding carboxylic acids is 1. The van der Waals surface area contributed by atoms with Gasteiger partial charge in [-0.05, 0) is 50.6 Å². The summed E-state index contributed by atoms with van der Waals surface area (Å²) in [5.74, 6) is 0. The molecule has 5 nitrogen and oxygen atoms in total. The van der Waals surface area contributed by atoms with Crippen LogP contribution in [0.1, 0.15) is 24.8 Å². The highest BCUT2D eigenvalue weighted by molar-refractivity contribution is 5.89. The van der Waals surface area contributed by atoms with Crippen molar-refractivity contribution in [2.75, 3.05) is 25.5 Å². The van der Waals surface area contributed by atoms with Crippen LogP contribution in [0.5, 0.6) is 0 Å². The molecule has 0 saturated carbocycles. The zero-order valence-electron chi connectivity index (χ0n) is 11.7. The number of nitrogens with zero attached hydrogens (tertiary/aromatic N) is 2. The molecule has 1 unspecified atom stereocenters. The number of nitrogens with one attached hydrogen (secondary N) is 2. The summed E-state index contributed by atoms with van der Waals surface area (Å²) in [4.78, 5) is 14.2. The molecule has 2 amide bonds. The van der Waals surface area contributed by atoms with Gasteiger partial charge in [-0.25, -0.2) is 4.79 Å². The SMILES string of the molecule is CNCC1CCCCN1C(=O)Nc1ccc(C#N)cc1. The number of piperidine rings is 1. The lowest BCUT2D eigenvalue weighted by molar-refractivity contribution is 0.162. The minimum absolute atomic E-state index is 0.0605. The van der Waals surface area contributed by atoms with Crippen LogP contribution in [0.25, 0.3) is 0 Å². The highest BCUT2D eigenvalue weighted by atomic mass is 16.2. The smallest absolute Gasteiger partial charge is 0.320 e. The molecule has 0 spiro atoms. The molecule has 0 aromatic heterocycles. The molecule has 20 heavy (non-hydrogen) atoms. The number of rotatable bonds is 3. The van der Waals surface area contributed by atoms with Gasteiger partial charge in [-0.3, -0.25) is 0 Å². The van der Waals surface area contributed by atoms with E-state index in [0.717, 1.165) is 31.6 Å². The highest BCUT2D eigenvalue weighted by Crippen LogP contribution is 2.18. The summed E-state index contributed by atoms with van der Waals surface area (Å²) in [7, 11) is 1.91. The monoisotopic (exact) mass is 272 g/mol. The van der Waals surface area contributed by atoms with Crippen molar-refractivity contribution in [3.63, 3.8) is 0 Å². The number of anilines is 1. The maximum absolute atomic E-state index is 12.3. The number of carbonyl (C=O) groups is 1. The first kappa shape index (κ1) is 14.4. The van der Waals surface area contributed by atoms with E-state index in [9.17, 15) is 4.79 Å². The molecule has 2 rings (SSSR count).